The number of halogens is 1. The maximum atomic E-state index is 15.2. The molecule has 1 fully saturated rings. The zero-order valence-electron chi connectivity index (χ0n) is 14.2. The SMILES string of the molecule is CC(C)C(=O)OC[C@H]1O[C@@H](c2ccc3c(N)ncnn23)[C@](C)(F)[C@@H]1O. The first-order valence-corrected chi connectivity index (χ1v) is 8.00. The van der Waals surface area contributed by atoms with Crippen LogP contribution in [0.1, 0.15) is 32.6 Å². The zero-order valence-corrected chi connectivity index (χ0v) is 14.2. The van der Waals surface area contributed by atoms with Gasteiger partial charge in [0, 0.05) is 0 Å². The average molecular weight is 352 g/mol. The summed E-state index contributed by atoms with van der Waals surface area (Å²) in [5.74, 6) is -0.503. The van der Waals surface area contributed by atoms with Gasteiger partial charge in [-0.1, -0.05) is 13.8 Å². The number of hydrogen-bond acceptors (Lipinski definition) is 7. The van der Waals surface area contributed by atoms with Crippen molar-refractivity contribution >= 4 is 17.3 Å². The predicted molar refractivity (Wildman–Crippen MR) is 86.3 cm³/mol. The van der Waals surface area contributed by atoms with Gasteiger partial charge in [0.15, 0.2) is 11.5 Å². The Morgan fingerprint density at radius 2 is 2.28 bits per heavy atom. The molecule has 0 amide bonds. The van der Waals surface area contributed by atoms with Gasteiger partial charge in [0.1, 0.15) is 36.8 Å². The van der Waals surface area contributed by atoms with Gasteiger partial charge in [-0.25, -0.2) is 13.9 Å². The van der Waals surface area contributed by atoms with Crippen molar-refractivity contribution < 1.29 is 23.8 Å². The summed E-state index contributed by atoms with van der Waals surface area (Å²) in [6.07, 6.45) is -2.27. The van der Waals surface area contributed by atoms with Crippen LogP contribution in [-0.4, -0.2) is 50.2 Å². The van der Waals surface area contributed by atoms with Crippen LogP contribution in [0.2, 0.25) is 0 Å². The molecule has 25 heavy (non-hydrogen) atoms. The second-order valence-corrected chi connectivity index (χ2v) is 6.64. The quantitative estimate of drug-likeness (QED) is 0.791. The summed E-state index contributed by atoms with van der Waals surface area (Å²) in [5, 5.41) is 14.4. The highest BCUT2D eigenvalue weighted by atomic mass is 19.1. The Hall–Kier alpha value is -2.26. The van der Waals surface area contributed by atoms with Crippen LogP contribution in [0.3, 0.4) is 0 Å². The number of fused-ring (bicyclic) bond motifs is 1. The van der Waals surface area contributed by atoms with Crippen LogP contribution in [0, 0.1) is 5.92 Å². The maximum absolute atomic E-state index is 15.2. The topological polar surface area (TPSA) is 112 Å². The van der Waals surface area contributed by atoms with E-state index in [-0.39, 0.29) is 18.3 Å². The molecule has 1 saturated heterocycles. The van der Waals surface area contributed by atoms with Gasteiger partial charge >= 0.3 is 5.97 Å². The van der Waals surface area contributed by atoms with Gasteiger partial charge in [0.05, 0.1) is 11.6 Å². The van der Waals surface area contributed by atoms with Crippen molar-refractivity contribution in [1.29, 1.82) is 0 Å². The number of nitrogens with two attached hydrogens (primary N) is 1. The third kappa shape index (κ3) is 2.93. The highest BCUT2D eigenvalue weighted by Crippen LogP contribution is 2.44. The van der Waals surface area contributed by atoms with Crippen LogP contribution in [0.25, 0.3) is 5.52 Å². The van der Waals surface area contributed by atoms with Crippen molar-refractivity contribution in [3.05, 3.63) is 24.2 Å². The van der Waals surface area contributed by atoms with E-state index in [1.807, 2.05) is 0 Å². The van der Waals surface area contributed by atoms with Crippen LogP contribution in [0.4, 0.5) is 10.2 Å². The fourth-order valence-corrected chi connectivity index (χ4v) is 2.89. The van der Waals surface area contributed by atoms with E-state index in [1.54, 1.807) is 26.0 Å². The highest BCUT2D eigenvalue weighted by Gasteiger charge is 2.55. The third-order valence-corrected chi connectivity index (χ3v) is 4.39. The lowest BCUT2D eigenvalue weighted by atomic mass is 9.93. The van der Waals surface area contributed by atoms with E-state index in [0.29, 0.717) is 11.2 Å². The number of carbonyl (C=O) groups is 1. The third-order valence-electron chi connectivity index (χ3n) is 4.39. The average Bonchev–Trinajstić information content (AvgIpc) is 3.07. The minimum Gasteiger partial charge on any atom is -0.463 e. The van der Waals surface area contributed by atoms with Crippen LogP contribution < -0.4 is 5.73 Å². The minimum atomic E-state index is -2.09. The largest absolute Gasteiger partial charge is 0.463 e. The Labute approximate surface area is 143 Å². The molecule has 0 aromatic carbocycles. The van der Waals surface area contributed by atoms with Crippen molar-refractivity contribution in [2.45, 2.75) is 44.8 Å². The number of nitrogens with zero attached hydrogens (tertiary/aromatic N) is 3. The molecular formula is C16H21FN4O4. The summed E-state index contributed by atoms with van der Waals surface area (Å²) < 4.78 is 27.4. The normalized spacial score (nSPS) is 29.4. The van der Waals surface area contributed by atoms with E-state index >= 15 is 4.39 Å². The number of aromatic nitrogens is 3. The molecule has 0 spiro atoms. The van der Waals surface area contributed by atoms with Crippen LogP contribution in [-0.2, 0) is 14.3 Å². The van der Waals surface area contributed by atoms with Gasteiger partial charge in [-0.3, -0.25) is 4.79 Å². The van der Waals surface area contributed by atoms with Crippen molar-refractivity contribution in [2.75, 3.05) is 12.3 Å². The standard InChI is InChI=1S/C16H21FN4O4/c1-8(2)15(23)24-6-11-12(22)16(3,17)13(25-11)9-4-5-10-14(18)19-7-20-21(9)10/h4-5,7-8,11-13,22H,6H2,1-3H3,(H2,18,19,20)/t11-,12-,13+,16-/m1/s1. The molecule has 8 nitrogen and oxygen atoms in total. The molecule has 0 radical (unpaired) electrons. The molecule has 3 rings (SSSR count). The first-order valence-electron chi connectivity index (χ1n) is 8.00. The van der Waals surface area contributed by atoms with Gasteiger partial charge in [0.25, 0.3) is 0 Å². The highest BCUT2D eigenvalue weighted by molar-refractivity contribution is 5.71. The number of ether oxygens (including phenoxy) is 2. The molecule has 2 aromatic heterocycles. The second kappa shape index (κ2) is 6.23. The number of rotatable bonds is 4. The fourth-order valence-electron chi connectivity index (χ4n) is 2.89. The molecule has 4 atom stereocenters. The fraction of sp³-hybridized carbons (Fsp3) is 0.562. The number of esters is 1. The molecule has 1 aliphatic heterocycles. The van der Waals surface area contributed by atoms with Crippen LogP contribution in [0.5, 0.6) is 0 Å². The molecule has 3 N–H and O–H groups in total. The Morgan fingerprint density at radius 3 is 2.96 bits per heavy atom. The lowest BCUT2D eigenvalue weighted by Crippen LogP contribution is -2.40. The van der Waals surface area contributed by atoms with E-state index in [2.05, 4.69) is 10.1 Å². The van der Waals surface area contributed by atoms with Gasteiger partial charge in [0.2, 0.25) is 0 Å². The van der Waals surface area contributed by atoms with E-state index in [9.17, 15) is 9.90 Å². The molecule has 1 aliphatic rings. The van der Waals surface area contributed by atoms with Crippen LogP contribution in [0.15, 0.2) is 18.5 Å². The first kappa shape index (κ1) is 17.6. The van der Waals surface area contributed by atoms with Crippen molar-refractivity contribution in [1.82, 2.24) is 14.6 Å². The second-order valence-electron chi connectivity index (χ2n) is 6.64. The molecule has 0 bridgehead atoms. The number of alkyl halides is 1. The Bertz CT molecular complexity index is 792. The van der Waals surface area contributed by atoms with E-state index < -0.39 is 29.9 Å². The summed E-state index contributed by atoms with van der Waals surface area (Å²) >= 11 is 0. The van der Waals surface area contributed by atoms with Gasteiger partial charge in [-0.05, 0) is 19.1 Å². The summed E-state index contributed by atoms with van der Waals surface area (Å²) in [4.78, 5) is 15.5. The summed E-state index contributed by atoms with van der Waals surface area (Å²) in [5.41, 5.74) is 4.60. The molecule has 0 aliphatic carbocycles. The maximum Gasteiger partial charge on any atom is 0.308 e. The number of aliphatic hydroxyl groups excluding tert-OH is 1. The smallest absolute Gasteiger partial charge is 0.308 e. The minimum absolute atomic E-state index is 0.228. The summed E-state index contributed by atoms with van der Waals surface area (Å²) in [6.45, 7) is 4.39. The molecule has 2 aromatic rings. The lowest BCUT2D eigenvalue weighted by Gasteiger charge is -2.23. The van der Waals surface area contributed by atoms with Gasteiger partial charge < -0.3 is 20.3 Å². The zero-order chi connectivity index (χ0) is 18.4. The number of anilines is 1. The van der Waals surface area contributed by atoms with Crippen LogP contribution >= 0.6 is 0 Å². The number of aliphatic hydroxyl groups is 1. The van der Waals surface area contributed by atoms with Crippen molar-refractivity contribution in [2.24, 2.45) is 5.92 Å². The van der Waals surface area contributed by atoms with Crippen molar-refractivity contribution in [3.63, 3.8) is 0 Å². The summed E-state index contributed by atoms with van der Waals surface area (Å²) in [6, 6.07) is 3.28. The first-order chi connectivity index (χ1) is 11.7. The predicted octanol–water partition coefficient (Wildman–Crippen LogP) is 1.04. The molecule has 0 saturated carbocycles. The Morgan fingerprint density at radius 1 is 1.56 bits per heavy atom. The number of hydrogen-bond donors (Lipinski definition) is 2. The molecule has 9 heteroatoms. The van der Waals surface area contributed by atoms with Gasteiger partial charge in [-0.15, -0.1) is 0 Å². The summed E-state index contributed by atoms with van der Waals surface area (Å²) in [7, 11) is 0. The molecular weight excluding hydrogens is 331 g/mol. The number of carbonyl (C=O) groups excluding carboxylic acids is 1. The van der Waals surface area contributed by atoms with E-state index in [1.165, 1.54) is 17.8 Å². The van der Waals surface area contributed by atoms with E-state index in [0.717, 1.165) is 0 Å². The van der Waals surface area contributed by atoms with Crippen molar-refractivity contribution in [3.8, 4) is 0 Å². The Balaban J connectivity index is 1.86. The van der Waals surface area contributed by atoms with Gasteiger partial charge in [-0.2, -0.15) is 5.10 Å². The monoisotopic (exact) mass is 352 g/mol. The Kier molecular flexibility index (Phi) is 4.38. The molecule has 3 heterocycles. The molecule has 0 unspecified atom stereocenters. The molecule has 136 valence electrons. The van der Waals surface area contributed by atoms with E-state index in [4.69, 9.17) is 15.2 Å². The lowest BCUT2D eigenvalue weighted by molar-refractivity contribution is -0.152. The number of nitrogen functional groups attached to an aromatic ring is 1.